The van der Waals surface area contributed by atoms with Crippen molar-refractivity contribution in [2.45, 2.75) is 19.4 Å². The van der Waals surface area contributed by atoms with Gasteiger partial charge < -0.3 is 15.1 Å². The van der Waals surface area contributed by atoms with Crippen LogP contribution in [0.15, 0.2) is 0 Å². The summed E-state index contributed by atoms with van der Waals surface area (Å²) in [7, 11) is -3.02. The van der Waals surface area contributed by atoms with E-state index in [0.717, 1.165) is 0 Å². The van der Waals surface area contributed by atoms with Gasteiger partial charge in [0.1, 0.15) is 0 Å². The zero-order valence-corrected chi connectivity index (χ0v) is 12.7. The van der Waals surface area contributed by atoms with Crippen LogP contribution in [-0.4, -0.2) is 91.3 Å². The SMILES string of the molecule is CCN(C(=O)CN(CCO)CCO)C1CCS(=O)(=O)C1. The molecule has 1 aliphatic rings. The van der Waals surface area contributed by atoms with Crippen LogP contribution >= 0.6 is 0 Å². The van der Waals surface area contributed by atoms with E-state index in [0.29, 0.717) is 26.1 Å². The Morgan fingerprint density at radius 1 is 1.25 bits per heavy atom. The second-order valence-corrected chi connectivity index (χ2v) is 7.19. The van der Waals surface area contributed by atoms with E-state index in [1.807, 2.05) is 6.92 Å². The van der Waals surface area contributed by atoms with Gasteiger partial charge in [-0.1, -0.05) is 0 Å². The fourth-order valence-corrected chi connectivity index (χ4v) is 4.22. The van der Waals surface area contributed by atoms with Gasteiger partial charge in [0.15, 0.2) is 9.84 Å². The van der Waals surface area contributed by atoms with Crippen LogP contribution < -0.4 is 0 Å². The Morgan fingerprint density at radius 2 is 1.85 bits per heavy atom. The number of nitrogens with zero attached hydrogens (tertiary/aromatic N) is 2. The molecule has 1 saturated heterocycles. The highest BCUT2D eigenvalue weighted by molar-refractivity contribution is 7.91. The Balaban J connectivity index is 2.62. The minimum absolute atomic E-state index is 0.0343. The summed E-state index contributed by atoms with van der Waals surface area (Å²) in [6.45, 7) is 2.83. The Morgan fingerprint density at radius 3 is 2.25 bits per heavy atom. The summed E-state index contributed by atoms with van der Waals surface area (Å²) in [4.78, 5) is 15.5. The molecule has 1 amide bonds. The Kier molecular flexibility index (Phi) is 6.87. The fraction of sp³-hybridized carbons (Fsp3) is 0.917. The quantitative estimate of drug-likeness (QED) is 0.555. The molecule has 2 N–H and O–H groups in total. The predicted octanol–water partition coefficient (Wildman–Crippen LogP) is -1.69. The number of sulfone groups is 1. The molecular formula is C12H24N2O5S. The molecule has 1 heterocycles. The van der Waals surface area contributed by atoms with Crippen LogP contribution in [0.5, 0.6) is 0 Å². The van der Waals surface area contributed by atoms with E-state index in [-0.39, 0.29) is 43.2 Å². The number of aliphatic hydroxyl groups excluding tert-OH is 2. The second-order valence-electron chi connectivity index (χ2n) is 4.96. The number of hydrogen-bond acceptors (Lipinski definition) is 6. The van der Waals surface area contributed by atoms with Gasteiger partial charge in [0.25, 0.3) is 0 Å². The Bertz CT molecular complexity index is 406. The normalized spacial score (nSPS) is 21.3. The second kappa shape index (κ2) is 7.92. The van der Waals surface area contributed by atoms with Crippen LogP contribution in [-0.2, 0) is 14.6 Å². The van der Waals surface area contributed by atoms with Crippen LogP contribution in [0.1, 0.15) is 13.3 Å². The van der Waals surface area contributed by atoms with Gasteiger partial charge in [-0.2, -0.15) is 0 Å². The number of aliphatic hydroxyl groups is 2. The van der Waals surface area contributed by atoms with Crippen molar-refractivity contribution in [3.05, 3.63) is 0 Å². The van der Waals surface area contributed by atoms with Gasteiger partial charge in [-0.15, -0.1) is 0 Å². The van der Waals surface area contributed by atoms with Crippen molar-refractivity contribution >= 4 is 15.7 Å². The summed E-state index contributed by atoms with van der Waals surface area (Å²) in [5.74, 6) is 0.0156. The lowest BCUT2D eigenvalue weighted by molar-refractivity contribution is -0.134. The third-order valence-electron chi connectivity index (χ3n) is 3.50. The predicted molar refractivity (Wildman–Crippen MR) is 75.1 cm³/mol. The van der Waals surface area contributed by atoms with Crippen LogP contribution in [0.25, 0.3) is 0 Å². The number of likely N-dealkylation sites (N-methyl/N-ethyl adjacent to an activating group) is 1. The fourth-order valence-electron chi connectivity index (χ4n) is 2.49. The summed E-state index contributed by atoms with van der Waals surface area (Å²) in [5.41, 5.74) is 0. The van der Waals surface area contributed by atoms with Crippen molar-refractivity contribution in [1.29, 1.82) is 0 Å². The number of carbonyl (C=O) groups is 1. The molecule has 20 heavy (non-hydrogen) atoms. The smallest absolute Gasteiger partial charge is 0.237 e. The van der Waals surface area contributed by atoms with Crippen molar-refractivity contribution in [2.75, 3.05) is 50.9 Å². The highest BCUT2D eigenvalue weighted by atomic mass is 32.2. The first-order chi connectivity index (χ1) is 9.43. The van der Waals surface area contributed by atoms with Crippen LogP contribution in [0.3, 0.4) is 0 Å². The van der Waals surface area contributed by atoms with E-state index in [9.17, 15) is 13.2 Å². The van der Waals surface area contributed by atoms with E-state index in [1.54, 1.807) is 9.80 Å². The number of rotatable bonds is 8. The third kappa shape index (κ3) is 5.01. The van der Waals surface area contributed by atoms with E-state index in [4.69, 9.17) is 10.2 Å². The molecule has 0 bridgehead atoms. The van der Waals surface area contributed by atoms with Crippen molar-refractivity contribution < 1.29 is 23.4 Å². The van der Waals surface area contributed by atoms with Crippen LogP contribution in [0.4, 0.5) is 0 Å². The molecule has 1 aliphatic heterocycles. The zero-order chi connectivity index (χ0) is 15.2. The van der Waals surface area contributed by atoms with Gasteiger partial charge in [0.2, 0.25) is 5.91 Å². The van der Waals surface area contributed by atoms with Gasteiger partial charge in [-0.3, -0.25) is 9.69 Å². The Hall–Kier alpha value is -0.700. The first-order valence-electron chi connectivity index (χ1n) is 6.87. The molecule has 0 spiro atoms. The van der Waals surface area contributed by atoms with Crippen LogP contribution in [0, 0.1) is 0 Å². The largest absolute Gasteiger partial charge is 0.395 e. The average molecular weight is 308 g/mol. The third-order valence-corrected chi connectivity index (χ3v) is 5.25. The molecule has 1 unspecified atom stereocenters. The summed E-state index contributed by atoms with van der Waals surface area (Å²) >= 11 is 0. The van der Waals surface area contributed by atoms with Crippen molar-refractivity contribution in [1.82, 2.24) is 9.80 Å². The molecular weight excluding hydrogens is 284 g/mol. The van der Waals surface area contributed by atoms with Crippen molar-refractivity contribution in [3.63, 3.8) is 0 Å². The average Bonchev–Trinajstić information content (AvgIpc) is 2.71. The van der Waals surface area contributed by atoms with E-state index in [2.05, 4.69) is 0 Å². The van der Waals surface area contributed by atoms with E-state index >= 15 is 0 Å². The molecule has 0 radical (unpaired) electrons. The maximum absolute atomic E-state index is 12.3. The summed E-state index contributed by atoms with van der Waals surface area (Å²) < 4.78 is 23.0. The molecule has 0 saturated carbocycles. The molecule has 1 rings (SSSR count). The monoisotopic (exact) mass is 308 g/mol. The van der Waals surface area contributed by atoms with E-state index in [1.165, 1.54) is 0 Å². The Labute approximate surface area is 120 Å². The molecule has 1 fully saturated rings. The molecule has 8 heteroatoms. The molecule has 7 nitrogen and oxygen atoms in total. The first-order valence-corrected chi connectivity index (χ1v) is 8.69. The topological polar surface area (TPSA) is 98.2 Å². The van der Waals surface area contributed by atoms with Crippen LogP contribution in [0.2, 0.25) is 0 Å². The standard InChI is InChI=1S/C12H24N2O5S/c1-2-14(11-3-8-20(18,19)10-11)12(17)9-13(4-6-15)5-7-16/h11,15-16H,2-10H2,1H3. The van der Waals surface area contributed by atoms with Gasteiger partial charge in [-0.05, 0) is 13.3 Å². The number of amides is 1. The lowest BCUT2D eigenvalue weighted by Gasteiger charge is -2.29. The van der Waals surface area contributed by atoms with Gasteiger partial charge in [-0.25, -0.2) is 8.42 Å². The first kappa shape index (κ1) is 17.4. The number of hydrogen-bond donors (Lipinski definition) is 2. The number of carbonyl (C=O) groups excluding carboxylic acids is 1. The van der Waals surface area contributed by atoms with Crippen molar-refractivity contribution in [3.8, 4) is 0 Å². The molecule has 0 aliphatic carbocycles. The minimum atomic E-state index is -3.02. The minimum Gasteiger partial charge on any atom is -0.395 e. The maximum atomic E-state index is 12.3. The highest BCUT2D eigenvalue weighted by Gasteiger charge is 2.34. The van der Waals surface area contributed by atoms with Gasteiger partial charge >= 0.3 is 0 Å². The summed E-state index contributed by atoms with van der Waals surface area (Å²) in [6, 6.07) is -0.248. The molecule has 0 aromatic rings. The molecule has 0 aromatic heterocycles. The highest BCUT2D eigenvalue weighted by Crippen LogP contribution is 2.17. The van der Waals surface area contributed by atoms with Crippen molar-refractivity contribution in [2.24, 2.45) is 0 Å². The molecule has 118 valence electrons. The molecule has 1 atom stereocenters. The molecule has 0 aromatic carbocycles. The summed E-state index contributed by atoms with van der Waals surface area (Å²) in [6.07, 6.45) is 0.488. The van der Waals surface area contributed by atoms with Gasteiger partial charge in [0, 0.05) is 25.7 Å². The lowest BCUT2D eigenvalue weighted by atomic mass is 10.2. The zero-order valence-electron chi connectivity index (χ0n) is 11.9. The lowest BCUT2D eigenvalue weighted by Crippen LogP contribution is -2.47. The maximum Gasteiger partial charge on any atom is 0.237 e. The summed E-state index contributed by atoms with van der Waals surface area (Å²) in [5, 5.41) is 17.8. The van der Waals surface area contributed by atoms with E-state index < -0.39 is 9.84 Å². The van der Waals surface area contributed by atoms with Gasteiger partial charge in [0.05, 0.1) is 31.3 Å².